The number of rotatable bonds is 7. The second-order valence-electron chi connectivity index (χ2n) is 4.59. The van der Waals surface area contributed by atoms with Gasteiger partial charge in [-0.1, -0.05) is 0 Å². The van der Waals surface area contributed by atoms with E-state index in [2.05, 4.69) is 33.0 Å². The summed E-state index contributed by atoms with van der Waals surface area (Å²) in [5.41, 5.74) is -0.0563. The van der Waals surface area contributed by atoms with Gasteiger partial charge in [-0.25, -0.2) is 0 Å². The molecule has 0 spiro atoms. The van der Waals surface area contributed by atoms with Crippen LogP contribution in [0.1, 0.15) is 34.1 Å². The van der Waals surface area contributed by atoms with Crippen molar-refractivity contribution in [3.63, 3.8) is 0 Å². The topological polar surface area (TPSA) is 30.5 Å². The highest BCUT2D eigenvalue weighted by atomic mass is 16.5. The van der Waals surface area contributed by atoms with Gasteiger partial charge < -0.3 is 14.8 Å². The third-order valence-electron chi connectivity index (χ3n) is 2.34. The zero-order valence-corrected chi connectivity index (χ0v) is 10.4. The van der Waals surface area contributed by atoms with E-state index in [1.165, 1.54) is 0 Å². The Kier molecular flexibility index (Phi) is 6.33. The molecule has 0 aliphatic carbocycles. The van der Waals surface area contributed by atoms with Crippen molar-refractivity contribution in [2.75, 3.05) is 20.8 Å². The van der Waals surface area contributed by atoms with Gasteiger partial charge in [0.2, 0.25) is 0 Å². The maximum absolute atomic E-state index is 5.38. The molecular weight excluding hydrogens is 178 g/mol. The predicted molar refractivity (Wildman–Crippen MR) is 59.6 cm³/mol. The minimum Gasteiger partial charge on any atom is -0.383 e. The Balaban J connectivity index is 3.79. The molecule has 0 saturated heterocycles. The molecule has 0 heterocycles. The Bertz CT molecular complexity index is 148. The molecule has 0 fully saturated rings. The first kappa shape index (κ1) is 13.9. The predicted octanol–water partition coefficient (Wildman–Crippen LogP) is 1.81. The van der Waals surface area contributed by atoms with Crippen molar-refractivity contribution in [2.24, 2.45) is 0 Å². The first-order valence-electron chi connectivity index (χ1n) is 5.21. The first-order valence-corrected chi connectivity index (χ1v) is 5.21. The van der Waals surface area contributed by atoms with Gasteiger partial charge in [0.05, 0.1) is 12.2 Å². The summed E-state index contributed by atoms with van der Waals surface area (Å²) < 4.78 is 10.4. The van der Waals surface area contributed by atoms with Crippen molar-refractivity contribution in [1.82, 2.24) is 5.32 Å². The van der Waals surface area contributed by atoms with Crippen LogP contribution in [-0.4, -0.2) is 38.5 Å². The Morgan fingerprint density at radius 2 is 1.71 bits per heavy atom. The average molecular weight is 203 g/mol. The van der Waals surface area contributed by atoms with Crippen LogP contribution in [0.4, 0.5) is 0 Å². The zero-order valence-electron chi connectivity index (χ0n) is 10.4. The van der Waals surface area contributed by atoms with Gasteiger partial charge >= 0.3 is 0 Å². The first-order chi connectivity index (χ1) is 6.41. The molecule has 0 amide bonds. The lowest BCUT2D eigenvalue weighted by atomic mass is 9.99. The van der Waals surface area contributed by atoms with Crippen LogP contribution in [0.5, 0.6) is 0 Å². The van der Waals surface area contributed by atoms with Crippen LogP contribution >= 0.6 is 0 Å². The van der Waals surface area contributed by atoms with E-state index >= 15 is 0 Å². The van der Waals surface area contributed by atoms with E-state index < -0.39 is 0 Å². The monoisotopic (exact) mass is 203 g/mol. The summed E-state index contributed by atoms with van der Waals surface area (Å²) in [7, 11) is 3.48. The molecule has 3 heteroatoms. The van der Waals surface area contributed by atoms with E-state index in [1.54, 1.807) is 14.2 Å². The zero-order chi connectivity index (χ0) is 11.2. The van der Waals surface area contributed by atoms with Crippen molar-refractivity contribution >= 4 is 0 Å². The highest BCUT2D eigenvalue weighted by Crippen LogP contribution is 2.15. The molecule has 0 rings (SSSR count). The molecule has 3 nitrogen and oxygen atoms in total. The Labute approximate surface area is 88.2 Å². The number of ether oxygens (including phenoxy) is 2. The van der Waals surface area contributed by atoms with Crippen LogP contribution < -0.4 is 5.32 Å². The molecular formula is C11H25NO2. The average Bonchev–Trinajstić information content (AvgIpc) is 2.03. The standard InChI is InChI=1S/C11H25NO2/c1-9(7-11(3,4)14-6)12-10(2)8-13-5/h9-10,12H,7-8H2,1-6H3/t9-,10-/m1/s1. The molecule has 0 saturated carbocycles. The summed E-state index contributed by atoms with van der Waals surface area (Å²) in [5, 5.41) is 3.47. The highest BCUT2D eigenvalue weighted by molar-refractivity contribution is 4.77. The van der Waals surface area contributed by atoms with Crippen molar-refractivity contribution in [2.45, 2.75) is 51.8 Å². The van der Waals surface area contributed by atoms with Crippen molar-refractivity contribution in [3.8, 4) is 0 Å². The molecule has 0 bridgehead atoms. The van der Waals surface area contributed by atoms with Crippen LogP contribution in [0.25, 0.3) is 0 Å². The fraction of sp³-hybridized carbons (Fsp3) is 1.00. The summed E-state index contributed by atoms with van der Waals surface area (Å²) in [6, 6.07) is 0.831. The minimum absolute atomic E-state index is 0.0563. The van der Waals surface area contributed by atoms with Crippen molar-refractivity contribution in [1.29, 1.82) is 0 Å². The third-order valence-corrected chi connectivity index (χ3v) is 2.34. The SMILES string of the molecule is COC[C@@H](C)N[C@H](C)CC(C)(C)OC. The summed E-state index contributed by atoms with van der Waals surface area (Å²) in [6.45, 7) is 9.25. The van der Waals surface area contributed by atoms with E-state index in [1.807, 2.05) is 0 Å². The van der Waals surface area contributed by atoms with Gasteiger partial charge in [-0.3, -0.25) is 0 Å². The fourth-order valence-corrected chi connectivity index (χ4v) is 1.66. The lowest BCUT2D eigenvalue weighted by Gasteiger charge is -2.28. The van der Waals surface area contributed by atoms with Gasteiger partial charge in [0, 0.05) is 26.3 Å². The van der Waals surface area contributed by atoms with Gasteiger partial charge in [0.1, 0.15) is 0 Å². The molecule has 86 valence electrons. The lowest BCUT2D eigenvalue weighted by Crippen LogP contribution is -2.41. The molecule has 0 aromatic rings. The third kappa shape index (κ3) is 6.35. The van der Waals surface area contributed by atoms with Crippen LogP contribution in [0.15, 0.2) is 0 Å². The summed E-state index contributed by atoms with van der Waals surface area (Å²) >= 11 is 0. The minimum atomic E-state index is -0.0563. The van der Waals surface area contributed by atoms with E-state index in [0.717, 1.165) is 13.0 Å². The summed E-state index contributed by atoms with van der Waals surface area (Å²) in [4.78, 5) is 0. The molecule has 0 aromatic heterocycles. The number of hydrogen-bond acceptors (Lipinski definition) is 3. The quantitative estimate of drug-likeness (QED) is 0.684. The maximum atomic E-state index is 5.38. The van der Waals surface area contributed by atoms with E-state index in [9.17, 15) is 0 Å². The van der Waals surface area contributed by atoms with Gasteiger partial charge in [0.15, 0.2) is 0 Å². The Morgan fingerprint density at radius 3 is 2.14 bits per heavy atom. The normalized spacial score (nSPS) is 16.7. The Morgan fingerprint density at radius 1 is 1.14 bits per heavy atom. The van der Waals surface area contributed by atoms with Crippen LogP contribution in [0.3, 0.4) is 0 Å². The number of methoxy groups -OCH3 is 2. The second kappa shape index (κ2) is 6.38. The van der Waals surface area contributed by atoms with Gasteiger partial charge in [-0.15, -0.1) is 0 Å². The molecule has 0 aliphatic rings. The second-order valence-corrected chi connectivity index (χ2v) is 4.59. The smallest absolute Gasteiger partial charge is 0.0637 e. The molecule has 0 unspecified atom stereocenters. The Hall–Kier alpha value is -0.120. The number of nitrogens with one attached hydrogen (secondary N) is 1. The molecule has 0 aliphatic heterocycles. The van der Waals surface area contributed by atoms with E-state index in [0.29, 0.717) is 12.1 Å². The fourth-order valence-electron chi connectivity index (χ4n) is 1.66. The van der Waals surface area contributed by atoms with Gasteiger partial charge in [-0.2, -0.15) is 0 Å². The van der Waals surface area contributed by atoms with Crippen LogP contribution in [0.2, 0.25) is 0 Å². The van der Waals surface area contributed by atoms with Gasteiger partial charge in [0.25, 0.3) is 0 Å². The van der Waals surface area contributed by atoms with E-state index in [-0.39, 0.29) is 5.60 Å². The van der Waals surface area contributed by atoms with Crippen molar-refractivity contribution in [3.05, 3.63) is 0 Å². The molecule has 2 atom stereocenters. The van der Waals surface area contributed by atoms with Crippen LogP contribution in [-0.2, 0) is 9.47 Å². The lowest BCUT2D eigenvalue weighted by molar-refractivity contribution is 0.00693. The summed E-state index contributed by atoms with van der Waals surface area (Å²) in [5.74, 6) is 0. The molecule has 14 heavy (non-hydrogen) atoms. The maximum Gasteiger partial charge on any atom is 0.0637 e. The van der Waals surface area contributed by atoms with Gasteiger partial charge in [-0.05, 0) is 34.1 Å². The highest BCUT2D eigenvalue weighted by Gasteiger charge is 2.20. The van der Waals surface area contributed by atoms with Crippen LogP contribution in [0, 0.1) is 0 Å². The molecule has 0 radical (unpaired) electrons. The molecule has 0 aromatic carbocycles. The number of hydrogen-bond donors (Lipinski definition) is 1. The van der Waals surface area contributed by atoms with Crippen molar-refractivity contribution < 1.29 is 9.47 Å². The molecule has 1 N–H and O–H groups in total. The largest absolute Gasteiger partial charge is 0.383 e. The van der Waals surface area contributed by atoms with E-state index in [4.69, 9.17) is 9.47 Å². The summed E-state index contributed by atoms with van der Waals surface area (Å²) in [6.07, 6.45) is 0.998.